The Kier molecular flexibility index (Phi) is 5.50. The lowest BCUT2D eigenvalue weighted by Gasteiger charge is -2.15. The van der Waals surface area contributed by atoms with E-state index in [0.29, 0.717) is 6.04 Å². The van der Waals surface area contributed by atoms with Crippen LogP contribution < -0.4 is 5.32 Å². The summed E-state index contributed by atoms with van der Waals surface area (Å²) in [6, 6.07) is 6.46. The zero-order chi connectivity index (χ0) is 10.9. The Bertz CT molecular complexity index is 300. The number of likely N-dealkylation sites (N-methyl/N-ethyl adjacent to an activating group) is 1. The third kappa shape index (κ3) is 4.62. The lowest BCUT2D eigenvalue weighted by atomic mass is 10.1. The van der Waals surface area contributed by atoms with Crippen LogP contribution >= 0.6 is 0 Å². The summed E-state index contributed by atoms with van der Waals surface area (Å²) >= 11 is 0. The van der Waals surface area contributed by atoms with Gasteiger partial charge in [0.15, 0.2) is 0 Å². The van der Waals surface area contributed by atoms with Crippen molar-refractivity contribution in [2.45, 2.75) is 32.2 Å². The van der Waals surface area contributed by atoms with E-state index < -0.39 is 0 Å². The minimum atomic E-state index is 0.445. The zero-order valence-corrected chi connectivity index (χ0v) is 9.24. The van der Waals surface area contributed by atoms with Crippen LogP contribution in [0.1, 0.15) is 25.5 Å². The van der Waals surface area contributed by atoms with E-state index in [9.17, 15) is 0 Å². The summed E-state index contributed by atoms with van der Waals surface area (Å²) < 4.78 is 0. The van der Waals surface area contributed by atoms with Crippen molar-refractivity contribution in [3.05, 3.63) is 30.1 Å². The maximum Gasteiger partial charge on any atom is 0.0419 e. The zero-order valence-electron chi connectivity index (χ0n) is 9.24. The largest absolute Gasteiger partial charge is 0.314 e. The molecule has 0 aliphatic rings. The van der Waals surface area contributed by atoms with Gasteiger partial charge in [0.2, 0.25) is 0 Å². The molecule has 15 heavy (non-hydrogen) atoms. The van der Waals surface area contributed by atoms with E-state index in [2.05, 4.69) is 29.2 Å². The second kappa shape index (κ2) is 7.03. The van der Waals surface area contributed by atoms with Gasteiger partial charge in [0.25, 0.3) is 0 Å². The number of hydrogen-bond donors (Lipinski definition) is 1. The lowest BCUT2D eigenvalue weighted by Crippen LogP contribution is -2.31. The van der Waals surface area contributed by atoms with Gasteiger partial charge < -0.3 is 5.32 Å². The molecule has 2 nitrogen and oxygen atoms in total. The first kappa shape index (κ1) is 11.7. The molecule has 2 heteroatoms. The summed E-state index contributed by atoms with van der Waals surface area (Å²) in [6.07, 6.45) is 9.90. The Hall–Kier alpha value is -1.33. The van der Waals surface area contributed by atoms with E-state index in [-0.39, 0.29) is 0 Å². The van der Waals surface area contributed by atoms with Crippen molar-refractivity contribution in [3.8, 4) is 12.3 Å². The Morgan fingerprint density at radius 2 is 2.40 bits per heavy atom. The van der Waals surface area contributed by atoms with Gasteiger partial charge in [-0.3, -0.25) is 4.98 Å². The Labute approximate surface area is 92.1 Å². The van der Waals surface area contributed by atoms with Gasteiger partial charge in [-0.2, -0.15) is 0 Å². The first-order valence-corrected chi connectivity index (χ1v) is 5.43. The van der Waals surface area contributed by atoms with Crippen molar-refractivity contribution >= 4 is 0 Å². The van der Waals surface area contributed by atoms with Crippen LogP contribution in [0.15, 0.2) is 24.4 Å². The summed E-state index contributed by atoms with van der Waals surface area (Å²) in [5, 5.41) is 3.43. The van der Waals surface area contributed by atoms with E-state index >= 15 is 0 Å². The van der Waals surface area contributed by atoms with Crippen molar-refractivity contribution < 1.29 is 0 Å². The van der Waals surface area contributed by atoms with E-state index in [4.69, 9.17) is 6.42 Å². The van der Waals surface area contributed by atoms with E-state index in [1.165, 1.54) is 0 Å². The van der Waals surface area contributed by atoms with Crippen LogP contribution in [0.4, 0.5) is 0 Å². The highest BCUT2D eigenvalue weighted by Gasteiger charge is 2.07. The molecule has 0 spiro atoms. The van der Waals surface area contributed by atoms with Gasteiger partial charge in [-0.25, -0.2) is 0 Å². The average molecular weight is 202 g/mol. The fourth-order valence-corrected chi connectivity index (χ4v) is 1.59. The number of pyridine rings is 1. The monoisotopic (exact) mass is 202 g/mol. The topological polar surface area (TPSA) is 24.9 Å². The first-order valence-electron chi connectivity index (χ1n) is 5.43. The third-order valence-electron chi connectivity index (χ3n) is 2.31. The van der Waals surface area contributed by atoms with Gasteiger partial charge in [-0.1, -0.05) is 13.0 Å². The second-order valence-corrected chi connectivity index (χ2v) is 3.52. The maximum absolute atomic E-state index is 5.27. The van der Waals surface area contributed by atoms with Crippen LogP contribution in [-0.2, 0) is 6.42 Å². The molecule has 80 valence electrons. The molecule has 1 N–H and O–H groups in total. The van der Waals surface area contributed by atoms with Crippen molar-refractivity contribution in [2.24, 2.45) is 0 Å². The van der Waals surface area contributed by atoms with Crippen LogP contribution in [0.3, 0.4) is 0 Å². The number of nitrogens with zero attached hydrogens (tertiary/aromatic N) is 1. The minimum absolute atomic E-state index is 0.445. The molecule has 1 rings (SSSR count). The Morgan fingerprint density at radius 1 is 1.53 bits per heavy atom. The quantitative estimate of drug-likeness (QED) is 0.714. The molecule has 0 aliphatic carbocycles. The fourth-order valence-electron chi connectivity index (χ4n) is 1.59. The van der Waals surface area contributed by atoms with Crippen LogP contribution in [0.5, 0.6) is 0 Å². The summed E-state index contributed by atoms with van der Waals surface area (Å²) in [5.41, 5.74) is 1.13. The van der Waals surface area contributed by atoms with Crippen molar-refractivity contribution in [1.29, 1.82) is 0 Å². The lowest BCUT2D eigenvalue weighted by molar-refractivity contribution is 0.493. The van der Waals surface area contributed by atoms with E-state index in [1.807, 2.05) is 18.3 Å². The molecule has 0 aliphatic heterocycles. The number of rotatable bonds is 6. The summed E-state index contributed by atoms with van der Waals surface area (Å²) in [5.74, 6) is 2.68. The predicted molar refractivity (Wildman–Crippen MR) is 63.5 cm³/mol. The van der Waals surface area contributed by atoms with Crippen LogP contribution in [-0.4, -0.2) is 17.6 Å². The predicted octanol–water partition coefficient (Wildman–Crippen LogP) is 2.02. The number of terminal acetylenes is 1. The van der Waals surface area contributed by atoms with Gasteiger partial charge in [-0.15, -0.1) is 12.3 Å². The van der Waals surface area contributed by atoms with Gasteiger partial charge in [0.05, 0.1) is 0 Å². The highest BCUT2D eigenvalue weighted by Crippen LogP contribution is 2.04. The van der Waals surface area contributed by atoms with Crippen LogP contribution in [0.25, 0.3) is 0 Å². The van der Waals surface area contributed by atoms with Gasteiger partial charge >= 0.3 is 0 Å². The van der Waals surface area contributed by atoms with Crippen molar-refractivity contribution in [1.82, 2.24) is 10.3 Å². The minimum Gasteiger partial charge on any atom is -0.314 e. The summed E-state index contributed by atoms with van der Waals surface area (Å²) in [7, 11) is 0. The molecular weight excluding hydrogens is 184 g/mol. The second-order valence-electron chi connectivity index (χ2n) is 3.52. The fraction of sp³-hybridized carbons (Fsp3) is 0.462. The van der Waals surface area contributed by atoms with Crippen molar-refractivity contribution in [3.63, 3.8) is 0 Å². The molecule has 0 bridgehead atoms. The number of nitrogens with one attached hydrogen (secondary N) is 1. The molecule has 1 aromatic rings. The third-order valence-corrected chi connectivity index (χ3v) is 2.31. The molecular formula is C13H18N2. The first-order chi connectivity index (χ1) is 7.36. The number of hydrogen-bond acceptors (Lipinski definition) is 2. The smallest absolute Gasteiger partial charge is 0.0419 e. The molecule has 1 unspecified atom stereocenters. The maximum atomic E-state index is 5.27. The van der Waals surface area contributed by atoms with Gasteiger partial charge in [0.1, 0.15) is 0 Å². The van der Waals surface area contributed by atoms with E-state index in [0.717, 1.165) is 31.5 Å². The normalized spacial score (nSPS) is 12.0. The van der Waals surface area contributed by atoms with Crippen LogP contribution in [0, 0.1) is 12.3 Å². The van der Waals surface area contributed by atoms with Crippen molar-refractivity contribution in [2.75, 3.05) is 6.54 Å². The van der Waals surface area contributed by atoms with Crippen LogP contribution in [0.2, 0.25) is 0 Å². The average Bonchev–Trinajstić information content (AvgIpc) is 2.28. The van der Waals surface area contributed by atoms with E-state index in [1.54, 1.807) is 0 Å². The molecule has 1 heterocycles. The highest BCUT2D eigenvalue weighted by molar-refractivity contribution is 5.05. The SMILES string of the molecule is C#CCCC(Cc1ccccn1)NCC. The standard InChI is InChI=1S/C13H18N2/c1-3-5-8-12(14-4-2)11-13-9-6-7-10-15-13/h1,6-7,9-10,12,14H,4-5,8,11H2,2H3. The molecule has 0 fully saturated rings. The highest BCUT2D eigenvalue weighted by atomic mass is 14.9. The summed E-state index contributed by atoms with van der Waals surface area (Å²) in [6.45, 7) is 3.09. The number of aromatic nitrogens is 1. The molecule has 0 saturated heterocycles. The molecule has 1 aromatic heterocycles. The molecule has 1 atom stereocenters. The van der Waals surface area contributed by atoms with Gasteiger partial charge in [0, 0.05) is 30.8 Å². The molecule has 0 amide bonds. The molecule has 0 radical (unpaired) electrons. The van der Waals surface area contributed by atoms with Gasteiger partial charge in [-0.05, 0) is 25.1 Å². The molecule has 0 saturated carbocycles. The Balaban J connectivity index is 2.47. The molecule has 0 aromatic carbocycles. The summed E-state index contributed by atoms with van der Waals surface area (Å²) in [4.78, 5) is 4.32. The Morgan fingerprint density at radius 3 is 3.00 bits per heavy atom.